The third kappa shape index (κ3) is 3.42. The van der Waals surface area contributed by atoms with Crippen LogP contribution in [0.5, 0.6) is 0 Å². The van der Waals surface area contributed by atoms with Crippen molar-refractivity contribution in [2.75, 3.05) is 25.0 Å². The van der Waals surface area contributed by atoms with Crippen molar-refractivity contribution in [2.24, 2.45) is 5.92 Å². The topological polar surface area (TPSA) is 67.2 Å². The summed E-state index contributed by atoms with van der Waals surface area (Å²) in [5.41, 5.74) is 0.960. The van der Waals surface area contributed by atoms with E-state index in [-0.39, 0.29) is 10.6 Å². The van der Waals surface area contributed by atoms with Crippen molar-refractivity contribution in [2.45, 2.75) is 12.8 Å². The summed E-state index contributed by atoms with van der Waals surface area (Å²) in [5, 5.41) is 17.2. The molecule has 5 heteroatoms. The van der Waals surface area contributed by atoms with Gasteiger partial charge in [0.1, 0.15) is 0 Å². The van der Waals surface area contributed by atoms with Crippen LogP contribution in [0.15, 0.2) is 24.3 Å². The first-order valence-corrected chi connectivity index (χ1v) is 5.95. The Morgan fingerprint density at radius 1 is 1.53 bits per heavy atom. The summed E-state index contributed by atoms with van der Waals surface area (Å²) in [7, 11) is 0. The molecule has 0 spiro atoms. The molecule has 1 aliphatic rings. The Morgan fingerprint density at radius 2 is 2.41 bits per heavy atom. The van der Waals surface area contributed by atoms with Crippen LogP contribution in [-0.4, -0.2) is 24.6 Å². The highest BCUT2D eigenvalue weighted by molar-refractivity contribution is 5.50. The van der Waals surface area contributed by atoms with Gasteiger partial charge in [0.15, 0.2) is 0 Å². The molecule has 0 aromatic heterocycles. The minimum absolute atomic E-state index is 0.136. The number of nitro benzene ring substituents is 1. The number of anilines is 1. The maximum absolute atomic E-state index is 10.6. The molecule has 0 aliphatic carbocycles. The molecule has 1 aliphatic heterocycles. The molecular weight excluding hydrogens is 218 g/mol. The highest BCUT2D eigenvalue weighted by Crippen LogP contribution is 2.18. The molecule has 0 radical (unpaired) electrons. The lowest BCUT2D eigenvalue weighted by atomic mass is 10.00. The minimum Gasteiger partial charge on any atom is -0.385 e. The predicted octanol–water partition coefficient (Wildman–Crippen LogP) is 2.01. The Balaban J connectivity index is 1.89. The zero-order chi connectivity index (χ0) is 12.1. The number of benzene rings is 1. The van der Waals surface area contributed by atoms with Crippen LogP contribution in [0, 0.1) is 16.0 Å². The van der Waals surface area contributed by atoms with Crippen molar-refractivity contribution in [3.8, 4) is 0 Å². The van der Waals surface area contributed by atoms with Crippen molar-refractivity contribution < 1.29 is 4.92 Å². The van der Waals surface area contributed by atoms with Crippen molar-refractivity contribution in [3.63, 3.8) is 0 Å². The molecule has 1 fully saturated rings. The van der Waals surface area contributed by atoms with E-state index in [1.165, 1.54) is 18.9 Å². The summed E-state index contributed by atoms with van der Waals surface area (Å²) in [6, 6.07) is 6.66. The molecule has 92 valence electrons. The minimum atomic E-state index is -0.368. The first-order valence-electron chi connectivity index (χ1n) is 5.95. The summed E-state index contributed by atoms with van der Waals surface area (Å²) in [6.45, 7) is 3.00. The Bertz CT molecular complexity index is 389. The molecule has 1 saturated heterocycles. The lowest BCUT2D eigenvalue weighted by Crippen LogP contribution is -2.33. The van der Waals surface area contributed by atoms with Crippen LogP contribution in [-0.2, 0) is 0 Å². The van der Waals surface area contributed by atoms with E-state index in [9.17, 15) is 10.1 Å². The Morgan fingerprint density at radius 3 is 3.12 bits per heavy atom. The van der Waals surface area contributed by atoms with E-state index in [1.54, 1.807) is 12.1 Å². The second-order valence-corrected chi connectivity index (χ2v) is 4.40. The molecule has 1 heterocycles. The van der Waals surface area contributed by atoms with Crippen LogP contribution >= 0.6 is 0 Å². The van der Waals surface area contributed by atoms with Gasteiger partial charge in [0.05, 0.1) is 4.92 Å². The van der Waals surface area contributed by atoms with E-state index in [0.29, 0.717) is 5.92 Å². The monoisotopic (exact) mass is 235 g/mol. The third-order valence-corrected chi connectivity index (χ3v) is 3.05. The number of piperidine rings is 1. The molecule has 2 rings (SSSR count). The van der Waals surface area contributed by atoms with Gasteiger partial charge in [0, 0.05) is 24.4 Å². The third-order valence-electron chi connectivity index (χ3n) is 3.05. The summed E-state index contributed by atoms with van der Waals surface area (Å²) < 4.78 is 0. The second kappa shape index (κ2) is 5.63. The van der Waals surface area contributed by atoms with Crippen molar-refractivity contribution in [1.29, 1.82) is 0 Å². The molecular formula is C12H17N3O2. The Kier molecular flexibility index (Phi) is 3.93. The fraction of sp³-hybridized carbons (Fsp3) is 0.500. The zero-order valence-electron chi connectivity index (χ0n) is 9.69. The second-order valence-electron chi connectivity index (χ2n) is 4.40. The largest absolute Gasteiger partial charge is 0.385 e. The lowest BCUT2D eigenvalue weighted by molar-refractivity contribution is -0.384. The van der Waals surface area contributed by atoms with E-state index >= 15 is 0 Å². The van der Waals surface area contributed by atoms with Gasteiger partial charge in [0.25, 0.3) is 5.69 Å². The standard InChI is InChI=1S/C12H17N3O2/c16-15(17)12-5-1-4-11(7-12)14-9-10-3-2-6-13-8-10/h1,4-5,7,10,13-14H,2-3,6,8-9H2. The highest BCUT2D eigenvalue weighted by atomic mass is 16.6. The zero-order valence-corrected chi connectivity index (χ0v) is 9.69. The summed E-state index contributed by atoms with van der Waals surface area (Å²) in [4.78, 5) is 10.3. The van der Waals surface area contributed by atoms with E-state index < -0.39 is 0 Å². The van der Waals surface area contributed by atoms with Gasteiger partial charge in [-0.15, -0.1) is 0 Å². The van der Waals surface area contributed by atoms with Crippen LogP contribution in [0.2, 0.25) is 0 Å². The SMILES string of the molecule is O=[N+]([O-])c1cccc(NCC2CCCNC2)c1. The predicted molar refractivity (Wildman–Crippen MR) is 67.2 cm³/mol. The van der Waals surface area contributed by atoms with Crippen molar-refractivity contribution in [3.05, 3.63) is 34.4 Å². The smallest absolute Gasteiger partial charge is 0.271 e. The lowest BCUT2D eigenvalue weighted by Gasteiger charge is -2.23. The Labute approximate surface area is 100 Å². The van der Waals surface area contributed by atoms with Gasteiger partial charge >= 0.3 is 0 Å². The molecule has 17 heavy (non-hydrogen) atoms. The first-order chi connectivity index (χ1) is 8.25. The molecule has 0 amide bonds. The number of rotatable bonds is 4. The Hall–Kier alpha value is -1.62. The number of nitrogens with zero attached hydrogens (tertiary/aromatic N) is 1. The number of hydrogen-bond acceptors (Lipinski definition) is 4. The fourth-order valence-electron chi connectivity index (χ4n) is 2.09. The first kappa shape index (κ1) is 11.9. The van der Waals surface area contributed by atoms with Crippen LogP contribution in [0.1, 0.15) is 12.8 Å². The van der Waals surface area contributed by atoms with Gasteiger partial charge in [-0.2, -0.15) is 0 Å². The number of nitrogens with one attached hydrogen (secondary N) is 2. The normalized spacial score (nSPS) is 19.9. The van der Waals surface area contributed by atoms with Crippen molar-refractivity contribution >= 4 is 11.4 Å². The van der Waals surface area contributed by atoms with Crippen molar-refractivity contribution in [1.82, 2.24) is 5.32 Å². The van der Waals surface area contributed by atoms with E-state index in [1.807, 2.05) is 6.07 Å². The fourth-order valence-corrected chi connectivity index (χ4v) is 2.09. The van der Waals surface area contributed by atoms with E-state index in [0.717, 1.165) is 25.3 Å². The van der Waals surface area contributed by atoms with E-state index in [2.05, 4.69) is 10.6 Å². The van der Waals surface area contributed by atoms with Crippen LogP contribution in [0.3, 0.4) is 0 Å². The molecule has 0 bridgehead atoms. The average Bonchev–Trinajstić information content (AvgIpc) is 2.38. The highest BCUT2D eigenvalue weighted by Gasteiger charge is 2.13. The molecule has 1 aromatic carbocycles. The number of nitro groups is 1. The van der Waals surface area contributed by atoms with E-state index in [4.69, 9.17) is 0 Å². The summed E-state index contributed by atoms with van der Waals surface area (Å²) >= 11 is 0. The maximum atomic E-state index is 10.6. The van der Waals surface area contributed by atoms with Gasteiger partial charge in [-0.25, -0.2) is 0 Å². The summed E-state index contributed by atoms with van der Waals surface area (Å²) in [5.74, 6) is 0.614. The van der Waals surface area contributed by atoms with Gasteiger partial charge in [0.2, 0.25) is 0 Å². The van der Waals surface area contributed by atoms with Crippen LogP contribution in [0.4, 0.5) is 11.4 Å². The van der Waals surface area contributed by atoms with Gasteiger partial charge in [-0.1, -0.05) is 6.07 Å². The molecule has 1 unspecified atom stereocenters. The van der Waals surface area contributed by atoms with Gasteiger partial charge < -0.3 is 10.6 Å². The molecule has 1 atom stereocenters. The average molecular weight is 235 g/mol. The number of hydrogen-bond donors (Lipinski definition) is 2. The molecule has 2 N–H and O–H groups in total. The van der Waals surface area contributed by atoms with Gasteiger partial charge in [-0.05, 0) is 37.9 Å². The summed E-state index contributed by atoms with van der Waals surface area (Å²) in [6.07, 6.45) is 2.43. The molecule has 1 aromatic rings. The molecule has 0 saturated carbocycles. The molecule has 5 nitrogen and oxygen atoms in total. The van der Waals surface area contributed by atoms with Crippen LogP contribution < -0.4 is 10.6 Å². The number of non-ortho nitro benzene ring substituents is 1. The maximum Gasteiger partial charge on any atom is 0.271 e. The van der Waals surface area contributed by atoms with Crippen LogP contribution in [0.25, 0.3) is 0 Å². The quantitative estimate of drug-likeness (QED) is 0.618. The van der Waals surface area contributed by atoms with Gasteiger partial charge in [-0.3, -0.25) is 10.1 Å².